The molecule has 1 unspecified atom stereocenters. The molecule has 1 aromatic carbocycles. The van der Waals surface area contributed by atoms with Gasteiger partial charge in [0.2, 0.25) is 0 Å². The Morgan fingerprint density at radius 3 is 2.53 bits per heavy atom. The minimum atomic E-state index is -0.103. The van der Waals surface area contributed by atoms with Crippen LogP contribution in [0.15, 0.2) is 33.2 Å². The normalized spacial score (nSPS) is 12.8. The van der Waals surface area contributed by atoms with Crippen LogP contribution in [-0.4, -0.2) is 0 Å². The van der Waals surface area contributed by atoms with E-state index in [1.807, 2.05) is 6.07 Å². The van der Waals surface area contributed by atoms with Gasteiger partial charge in [0.05, 0.1) is 5.38 Å². The highest BCUT2D eigenvalue weighted by molar-refractivity contribution is 14.1. The van der Waals surface area contributed by atoms with Crippen molar-refractivity contribution in [3.05, 3.63) is 52.1 Å². The van der Waals surface area contributed by atoms with Gasteiger partial charge in [0.15, 0.2) is 0 Å². The van der Waals surface area contributed by atoms with Crippen LogP contribution >= 0.6 is 77.4 Å². The summed E-state index contributed by atoms with van der Waals surface area (Å²) in [5.41, 5.74) is 1.12. The van der Waals surface area contributed by atoms with Crippen molar-refractivity contribution in [1.29, 1.82) is 0 Å². The van der Waals surface area contributed by atoms with Gasteiger partial charge in [0.25, 0.3) is 0 Å². The molecule has 2 aromatic rings. The van der Waals surface area contributed by atoms with Gasteiger partial charge >= 0.3 is 0 Å². The number of rotatable bonds is 2. The molecule has 0 nitrogen and oxygen atoms in total. The lowest BCUT2D eigenvalue weighted by atomic mass is 10.1. The second kappa shape index (κ2) is 5.90. The Balaban J connectivity index is 2.42. The van der Waals surface area contributed by atoms with Crippen molar-refractivity contribution >= 4 is 77.4 Å². The van der Waals surface area contributed by atoms with Crippen LogP contribution in [0.4, 0.5) is 0 Å². The number of hydrogen-bond donors (Lipinski definition) is 0. The fourth-order valence-electron chi connectivity index (χ4n) is 1.47. The Bertz CT molecular complexity index is 534. The number of halogens is 4. The summed E-state index contributed by atoms with van der Waals surface area (Å²) in [5, 5.41) is -0.103. The molecule has 0 aliphatic heterocycles. The molecule has 0 amide bonds. The van der Waals surface area contributed by atoms with E-state index in [0.717, 1.165) is 14.5 Å². The molecule has 0 aliphatic carbocycles. The first-order chi connectivity index (χ1) is 7.99. The van der Waals surface area contributed by atoms with Gasteiger partial charge in [0, 0.05) is 22.3 Å². The number of benzene rings is 1. The minimum absolute atomic E-state index is 0.103. The summed E-state index contributed by atoms with van der Waals surface area (Å²) in [5.74, 6) is 0. The fraction of sp³-hybridized carbons (Fsp3) is 0.167. The molecule has 2 rings (SSSR count). The third-order valence-corrected chi connectivity index (χ3v) is 6.55. The maximum absolute atomic E-state index is 6.55. The highest BCUT2D eigenvalue weighted by atomic mass is 127. The monoisotopic (exact) mass is 504 g/mol. The summed E-state index contributed by atoms with van der Waals surface area (Å²) in [6.45, 7) is 2.09. The van der Waals surface area contributed by atoms with E-state index in [1.165, 1.54) is 13.3 Å². The number of thiophene rings is 1. The SMILES string of the molecule is Cc1sc(C(Cl)c2cc(I)ccc2Br)cc1Br. The molecule has 0 spiro atoms. The molecule has 5 heteroatoms. The molecule has 1 aromatic heterocycles. The summed E-state index contributed by atoms with van der Waals surface area (Å²) in [4.78, 5) is 2.42. The Morgan fingerprint density at radius 1 is 1.24 bits per heavy atom. The third kappa shape index (κ3) is 3.26. The van der Waals surface area contributed by atoms with Gasteiger partial charge in [-0.25, -0.2) is 0 Å². The van der Waals surface area contributed by atoms with Crippen LogP contribution in [0.5, 0.6) is 0 Å². The molecule has 0 saturated carbocycles. The maximum Gasteiger partial charge on any atom is 0.0939 e. The quantitative estimate of drug-likeness (QED) is 0.322. The molecule has 0 radical (unpaired) electrons. The van der Waals surface area contributed by atoms with Crippen LogP contribution in [0.25, 0.3) is 0 Å². The van der Waals surface area contributed by atoms with Gasteiger partial charge in [-0.05, 0) is 75.3 Å². The molecule has 1 heterocycles. The molecule has 0 aliphatic rings. The van der Waals surface area contributed by atoms with Crippen molar-refractivity contribution in [2.24, 2.45) is 0 Å². The molecule has 0 saturated heterocycles. The van der Waals surface area contributed by atoms with Gasteiger partial charge in [-0.2, -0.15) is 0 Å². The van der Waals surface area contributed by atoms with Crippen LogP contribution in [0.2, 0.25) is 0 Å². The average molecular weight is 506 g/mol. The molecule has 0 bridgehead atoms. The van der Waals surface area contributed by atoms with E-state index in [9.17, 15) is 0 Å². The lowest BCUT2D eigenvalue weighted by molar-refractivity contribution is 1.16. The Morgan fingerprint density at radius 2 is 1.94 bits per heavy atom. The number of alkyl halides is 1. The van der Waals surface area contributed by atoms with Crippen LogP contribution in [-0.2, 0) is 0 Å². The van der Waals surface area contributed by atoms with Crippen LogP contribution in [0.1, 0.15) is 20.7 Å². The van der Waals surface area contributed by atoms with Gasteiger partial charge in [-0.15, -0.1) is 22.9 Å². The van der Waals surface area contributed by atoms with Gasteiger partial charge in [-0.3, -0.25) is 0 Å². The molecular weight excluding hydrogens is 498 g/mol. The zero-order valence-corrected chi connectivity index (χ0v) is 15.7. The Hall–Kier alpha value is 0.900. The summed E-state index contributed by atoms with van der Waals surface area (Å²) >= 11 is 17.7. The van der Waals surface area contributed by atoms with Crippen molar-refractivity contribution in [1.82, 2.24) is 0 Å². The first kappa shape index (κ1) is 14.3. The second-order valence-corrected chi connectivity index (χ2v) is 8.26. The smallest absolute Gasteiger partial charge is 0.0939 e. The lowest BCUT2D eigenvalue weighted by Gasteiger charge is -2.10. The maximum atomic E-state index is 6.55. The van der Waals surface area contributed by atoms with Gasteiger partial charge in [0.1, 0.15) is 0 Å². The third-order valence-electron chi connectivity index (χ3n) is 2.36. The van der Waals surface area contributed by atoms with Gasteiger partial charge in [-0.1, -0.05) is 15.9 Å². The Labute approximate surface area is 140 Å². The minimum Gasteiger partial charge on any atom is -0.143 e. The zero-order chi connectivity index (χ0) is 12.6. The van der Waals surface area contributed by atoms with Crippen molar-refractivity contribution in [3.63, 3.8) is 0 Å². The summed E-state index contributed by atoms with van der Waals surface area (Å²) in [7, 11) is 0. The van der Waals surface area contributed by atoms with E-state index >= 15 is 0 Å². The molecular formula is C12H8Br2ClIS. The van der Waals surface area contributed by atoms with E-state index in [0.29, 0.717) is 0 Å². The predicted octanol–water partition coefficient (Wildman–Crippen LogP) is 6.51. The lowest BCUT2D eigenvalue weighted by Crippen LogP contribution is -1.92. The largest absolute Gasteiger partial charge is 0.143 e. The molecule has 0 N–H and O–H groups in total. The van der Waals surface area contributed by atoms with E-state index in [4.69, 9.17) is 11.6 Å². The van der Waals surface area contributed by atoms with E-state index in [-0.39, 0.29) is 5.38 Å². The van der Waals surface area contributed by atoms with Crippen LogP contribution < -0.4 is 0 Å². The number of hydrogen-bond acceptors (Lipinski definition) is 1. The molecule has 17 heavy (non-hydrogen) atoms. The standard InChI is InChI=1S/C12H8Br2ClIS/c1-6-10(14)5-11(17-6)12(15)8-4-7(16)2-3-9(8)13/h2-5,12H,1H3. The van der Waals surface area contributed by atoms with Crippen molar-refractivity contribution in [2.45, 2.75) is 12.3 Å². The first-order valence-electron chi connectivity index (χ1n) is 4.84. The van der Waals surface area contributed by atoms with Crippen molar-refractivity contribution in [2.75, 3.05) is 0 Å². The van der Waals surface area contributed by atoms with E-state index in [2.05, 4.69) is 79.6 Å². The van der Waals surface area contributed by atoms with Crippen LogP contribution in [0, 0.1) is 10.5 Å². The van der Waals surface area contributed by atoms with E-state index < -0.39 is 0 Å². The summed E-state index contributed by atoms with van der Waals surface area (Å²) < 4.78 is 3.38. The second-order valence-electron chi connectivity index (χ2n) is 3.58. The predicted molar refractivity (Wildman–Crippen MR) is 91.3 cm³/mol. The van der Waals surface area contributed by atoms with E-state index in [1.54, 1.807) is 11.3 Å². The average Bonchev–Trinajstić information content (AvgIpc) is 2.62. The van der Waals surface area contributed by atoms with Crippen LogP contribution in [0.3, 0.4) is 0 Å². The summed E-state index contributed by atoms with van der Waals surface area (Å²) in [6.07, 6.45) is 0. The molecule has 0 fully saturated rings. The topological polar surface area (TPSA) is 0 Å². The fourth-order valence-corrected chi connectivity index (χ4v) is 4.53. The van der Waals surface area contributed by atoms with Gasteiger partial charge < -0.3 is 0 Å². The van der Waals surface area contributed by atoms with Crippen molar-refractivity contribution < 1.29 is 0 Å². The molecule has 90 valence electrons. The highest BCUT2D eigenvalue weighted by Crippen LogP contribution is 2.40. The zero-order valence-electron chi connectivity index (χ0n) is 8.81. The number of aryl methyl sites for hydroxylation is 1. The summed E-state index contributed by atoms with van der Waals surface area (Å²) in [6, 6.07) is 8.32. The Kier molecular flexibility index (Phi) is 4.97. The van der Waals surface area contributed by atoms with Crippen molar-refractivity contribution in [3.8, 4) is 0 Å². The first-order valence-corrected chi connectivity index (χ1v) is 8.75. The highest BCUT2D eigenvalue weighted by Gasteiger charge is 2.17. The molecule has 1 atom stereocenters.